The molecule has 2 aromatic rings. The summed E-state index contributed by atoms with van der Waals surface area (Å²) in [7, 11) is 0. The molecular weight excluding hydrogens is 346 g/mol. The van der Waals surface area contributed by atoms with Crippen molar-refractivity contribution in [1.82, 2.24) is 10.9 Å². The molecular formula is C18H18F2N2O4. The number of hydrogen-bond donors (Lipinski definition) is 2. The summed E-state index contributed by atoms with van der Waals surface area (Å²) in [5.74, 6) is -1.17. The quantitative estimate of drug-likeness (QED) is 0.773. The first-order chi connectivity index (χ1) is 12.4. The molecule has 2 amide bonds. The predicted molar refractivity (Wildman–Crippen MR) is 90.1 cm³/mol. The van der Waals surface area contributed by atoms with E-state index in [1.54, 1.807) is 12.1 Å². The van der Waals surface area contributed by atoms with Crippen molar-refractivity contribution in [2.24, 2.45) is 0 Å². The minimum Gasteiger partial charge on any atom is -0.484 e. The van der Waals surface area contributed by atoms with Gasteiger partial charge in [-0.25, -0.2) is 0 Å². The summed E-state index contributed by atoms with van der Waals surface area (Å²) in [5, 5.41) is 0. The van der Waals surface area contributed by atoms with Gasteiger partial charge in [0.25, 0.3) is 11.8 Å². The minimum atomic E-state index is -3.06. The lowest BCUT2D eigenvalue weighted by Crippen LogP contribution is -2.44. The molecule has 0 bridgehead atoms. The van der Waals surface area contributed by atoms with Crippen LogP contribution in [0.5, 0.6) is 11.5 Å². The molecule has 0 fully saturated rings. The summed E-state index contributed by atoms with van der Waals surface area (Å²) in [5.41, 5.74) is 6.26. The van der Waals surface area contributed by atoms with Crippen LogP contribution >= 0.6 is 0 Å². The van der Waals surface area contributed by atoms with Crippen molar-refractivity contribution in [3.05, 3.63) is 59.2 Å². The zero-order valence-corrected chi connectivity index (χ0v) is 14.2. The maximum absolute atomic E-state index is 12.4. The summed E-state index contributed by atoms with van der Waals surface area (Å²) in [4.78, 5) is 23.8. The summed E-state index contributed by atoms with van der Waals surface area (Å²) >= 11 is 0. The first-order valence-electron chi connectivity index (χ1n) is 7.70. The van der Waals surface area contributed by atoms with Crippen LogP contribution in [0.2, 0.25) is 0 Å². The molecule has 0 saturated heterocycles. The number of hydrogen-bond acceptors (Lipinski definition) is 4. The van der Waals surface area contributed by atoms with Gasteiger partial charge in [-0.1, -0.05) is 18.2 Å². The maximum atomic E-state index is 12.4. The average Bonchev–Trinajstić information content (AvgIpc) is 2.60. The van der Waals surface area contributed by atoms with E-state index < -0.39 is 18.4 Å². The number of ether oxygens (including phenoxy) is 2. The molecule has 0 heterocycles. The van der Waals surface area contributed by atoms with E-state index in [0.717, 1.165) is 11.1 Å². The number of benzene rings is 2. The molecule has 0 saturated carbocycles. The SMILES string of the molecule is Cc1ccc(OCC(=O)NNC(=O)c2ccccc2OC(F)F)cc1C. The first kappa shape index (κ1) is 19.2. The Balaban J connectivity index is 1.87. The molecule has 0 aromatic heterocycles. The molecule has 6 nitrogen and oxygen atoms in total. The van der Waals surface area contributed by atoms with Crippen molar-refractivity contribution in [3.8, 4) is 11.5 Å². The number of alkyl halides is 2. The third kappa shape index (κ3) is 5.44. The van der Waals surface area contributed by atoms with Crippen LogP contribution in [0.25, 0.3) is 0 Å². The van der Waals surface area contributed by atoms with Crippen LogP contribution in [0.1, 0.15) is 21.5 Å². The van der Waals surface area contributed by atoms with Crippen molar-refractivity contribution in [2.45, 2.75) is 20.5 Å². The van der Waals surface area contributed by atoms with Gasteiger partial charge in [0.05, 0.1) is 5.56 Å². The first-order valence-corrected chi connectivity index (χ1v) is 7.70. The number of hydrazine groups is 1. The number of para-hydroxylation sites is 1. The highest BCUT2D eigenvalue weighted by Crippen LogP contribution is 2.20. The summed E-state index contributed by atoms with van der Waals surface area (Å²) in [6, 6.07) is 10.8. The van der Waals surface area contributed by atoms with Gasteiger partial charge < -0.3 is 9.47 Å². The van der Waals surface area contributed by atoms with Gasteiger partial charge in [0, 0.05) is 0 Å². The van der Waals surface area contributed by atoms with Crippen molar-refractivity contribution in [1.29, 1.82) is 0 Å². The van der Waals surface area contributed by atoms with E-state index in [0.29, 0.717) is 5.75 Å². The van der Waals surface area contributed by atoms with Crippen molar-refractivity contribution in [2.75, 3.05) is 6.61 Å². The number of halogens is 2. The third-order valence-corrected chi connectivity index (χ3v) is 3.51. The highest BCUT2D eigenvalue weighted by atomic mass is 19.3. The Kier molecular flexibility index (Phi) is 6.48. The fraction of sp³-hybridized carbons (Fsp3) is 0.222. The van der Waals surface area contributed by atoms with Gasteiger partial charge >= 0.3 is 6.61 Å². The molecule has 0 unspecified atom stereocenters. The zero-order chi connectivity index (χ0) is 19.1. The number of aryl methyl sites for hydroxylation is 2. The molecule has 2 aromatic carbocycles. The highest BCUT2D eigenvalue weighted by Gasteiger charge is 2.15. The van der Waals surface area contributed by atoms with Crippen LogP contribution in [0, 0.1) is 13.8 Å². The largest absolute Gasteiger partial charge is 0.484 e. The normalized spacial score (nSPS) is 10.3. The molecule has 0 aliphatic heterocycles. The van der Waals surface area contributed by atoms with Crippen LogP contribution in [0.3, 0.4) is 0 Å². The Labute approximate surface area is 149 Å². The van der Waals surface area contributed by atoms with E-state index in [9.17, 15) is 18.4 Å². The van der Waals surface area contributed by atoms with E-state index in [2.05, 4.69) is 15.6 Å². The van der Waals surface area contributed by atoms with Crippen LogP contribution < -0.4 is 20.3 Å². The molecule has 0 aliphatic carbocycles. The topological polar surface area (TPSA) is 76.7 Å². The van der Waals surface area contributed by atoms with E-state index in [4.69, 9.17) is 4.74 Å². The lowest BCUT2D eigenvalue weighted by Gasteiger charge is -2.12. The van der Waals surface area contributed by atoms with Gasteiger partial charge in [-0.15, -0.1) is 0 Å². The zero-order valence-electron chi connectivity index (χ0n) is 14.2. The summed E-state index contributed by atoms with van der Waals surface area (Å²) in [6.45, 7) is 0.487. The highest BCUT2D eigenvalue weighted by molar-refractivity contribution is 5.97. The molecule has 138 valence electrons. The number of amides is 2. The monoisotopic (exact) mass is 364 g/mol. The van der Waals surface area contributed by atoms with Gasteiger partial charge in [0.15, 0.2) is 6.61 Å². The Morgan fingerprint density at radius 2 is 1.77 bits per heavy atom. The number of carbonyl (C=O) groups is 2. The number of rotatable bonds is 6. The Hall–Kier alpha value is -3.16. The molecule has 2 rings (SSSR count). The number of nitrogens with one attached hydrogen (secondary N) is 2. The van der Waals surface area contributed by atoms with Crippen LogP contribution in [0.15, 0.2) is 42.5 Å². The molecule has 0 radical (unpaired) electrons. The molecule has 2 N–H and O–H groups in total. The Morgan fingerprint density at radius 3 is 2.46 bits per heavy atom. The molecule has 0 aliphatic rings. The van der Waals surface area contributed by atoms with Gasteiger partial charge in [0.2, 0.25) is 0 Å². The summed E-state index contributed by atoms with van der Waals surface area (Å²) < 4.78 is 34.3. The minimum absolute atomic E-state index is 0.136. The van der Waals surface area contributed by atoms with Crippen LogP contribution in [-0.2, 0) is 4.79 Å². The number of carbonyl (C=O) groups excluding carboxylic acids is 2. The van der Waals surface area contributed by atoms with Gasteiger partial charge in [-0.3, -0.25) is 20.4 Å². The molecule has 0 spiro atoms. The predicted octanol–water partition coefficient (Wildman–Crippen LogP) is 2.74. The van der Waals surface area contributed by atoms with Gasteiger partial charge in [-0.2, -0.15) is 8.78 Å². The van der Waals surface area contributed by atoms with Gasteiger partial charge in [-0.05, 0) is 49.2 Å². The molecule has 26 heavy (non-hydrogen) atoms. The standard InChI is InChI=1S/C18H18F2N2O4/c1-11-7-8-13(9-12(11)2)25-10-16(23)21-22-17(24)14-5-3-4-6-15(14)26-18(19)20/h3-9,18H,10H2,1-2H3,(H,21,23)(H,22,24). The fourth-order valence-electron chi connectivity index (χ4n) is 2.04. The Bertz CT molecular complexity index is 797. The second-order valence-corrected chi connectivity index (χ2v) is 5.41. The van der Waals surface area contributed by atoms with Crippen molar-refractivity contribution < 1.29 is 27.8 Å². The second kappa shape index (κ2) is 8.80. The lowest BCUT2D eigenvalue weighted by molar-refractivity contribution is -0.123. The van der Waals surface area contributed by atoms with E-state index in [1.807, 2.05) is 19.9 Å². The molecule has 8 heteroatoms. The Morgan fingerprint density at radius 1 is 1.04 bits per heavy atom. The molecule has 0 atom stereocenters. The average molecular weight is 364 g/mol. The van der Waals surface area contributed by atoms with Crippen LogP contribution in [0.4, 0.5) is 8.78 Å². The maximum Gasteiger partial charge on any atom is 0.387 e. The lowest BCUT2D eigenvalue weighted by atomic mass is 10.1. The van der Waals surface area contributed by atoms with Crippen molar-refractivity contribution in [3.63, 3.8) is 0 Å². The summed E-state index contributed by atoms with van der Waals surface area (Å²) in [6.07, 6.45) is 0. The van der Waals surface area contributed by atoms with Gasteiger partial charge in [0.1, 0.15) is 11.5 Å². The van der Waals surface area contributed by atoms with Crippen LogP contribution in [-0.4, -0.2) is 25.0 Å². The smallest absolute Gasteiger partial charge is 0.387 e. The fourth-order valence-corrected chi connectivity index (χ4v) is 2.04. The van der Waals surface area contributed by atoms with E-state index >= 15 is 0 Å². The third-order valence-electron chi connectivity index (χ3n) is 3.51. The van der Waals surface area contributed by atoms with E-state index in [-0.39, 0.29) is 17.9 Å². The second-order valence-electron chi connectivity index (χ2n) is 5.41. The van der Waals surface area contributed by atoms with E-state index in [1.165, 1.54) is 24.3 Å². The van der Waals surface area contributed by atoms with Crippen molar-refractivity contribution >= 4 is 11.8 Å².